The second-order valence-corrected chi connectivity index (χ2v) is 4.55. The summed E-state index contributed by atoms with van der Waals surface area (Å²) in [6, 6.07) is 3.73. The van der Waals surface area contributed by atoms with Gasteiger partial charge >= 0.3 is 0 Å². The fraction of sp³-hybridized carbons (Fsp3) is 0.500. The summed E-state index contributed by atoms with van der Waals surface area (Å²) >= 11 is 6.02. The summed E-state index contributed by atoms with van der Waals surface area (Å²) in [6.45, 7) is 6.14. The second-order valence-electron chi connectivity index (χ2n) is 4.11. The maximum atomic E-state index is 6.11. The van der Waals surface area contributed by atoms with E-state index < -0.39 is 0 Å². The van der Waals surface area contributed by atoms with Gasteiger partial charge in [0, 0.05) is 16.6 Å². The Bertz CT molecular complexity index is 350. The van der Waals surface area contributed by atoms with Crippen LogP contribution in [0.3, 0.4) is 0 Å². The number of rotatable bonds is 3. The van der Waals surface area contributed by atoms with Gasteiger partial charge in [0.25, 0.3) is 0 Å². The number of nitrogens with two attached hydrogens (primary N) is 1. The molecule has 0 bridgehead atoms. The van der Waals surface area contributed by atoms with Crippen LogP contribution in [0, 0.1) is 12.8 Å². The van der Waals surface area contributed by atoms with E-state index in [1.54, 1.807) is 7.11 Å². The molecule has 0 aliphatic carbocycles. The first-order chi connectivity index (χ1) is 6.97. The lowest BCUT2D eigenvalue weighted by molar-refractivity contribution is 0.393. The fourth-order valence-corrected chi connectivity index (χ4v) is 1.92. The molecule has 84 valence electrons. The minimum absolute atomic E-state index is 0.0441. The van der Waals surface area contributed by atoms with Gasteiger partial charge in [0.05, 0.1) is 7.11 Å². The van der Waals surface area contributed by atoms with E-state index in [1.165, 1.54) is 0 Å². The van der Waals surface area contributed by atoms with Crippen molar-refractivity contribution in [1.82, 2.24) is 0 Å². The van der Waals surface area contributed by atoms with E-state index in [4.69, 9.17) is 22.1 Å². The summed E-state index contributed by atoms with van der Waals surface area (Å²) in [7, 11) is 1.66. The molecule has 0 saturated carbocycles. The molecule has 0 aliphatic heterocycles. The van der Waals surface area contributed by atoms with Crippen molar-refractivity contribution in [3.8, 4) is 5.75 Å². The Kier molecular flexibility index (Phi) is 4.00. The van der Waals surface area contributed by atoms with Gasteiger partial charge in [0.2, 0.25) is 0 Å². The summed E-state index contributed by atoms with van der Waals surface area (Å²) in [6.07, 6.45) is 0. The molecule has 3 heteroatoms. The molecule has 0 radical (unpaired) electrons. The van der Waals surface area contributed by atoms with E-state index >= 15 is 0 Å². The fourth-order valence-electron chi connectivity index (χ4n) is 1.64. The molecule has 0 fully saturated rings. The summed E-state index contributed by atoms with van der Waals surface area (Å²) in [5.41, 5.74) is 8.12. The van der Waals surface area contributed by atoms with Gasteiger partial charge < -0.3 is 10.5 Å². The van der Waals surface area contributed by atoms with Gasteiger partial charge in [0.15, 0.2) is 0 Å². The van der Waals surface area contributed by atoms with Crippen LogP contribution in [0.25, 0.3) is 0 Å². The van der Waals surface area contributed by atoms with E-state index in [2.05, 4.69) is 13.8 Å². The largest absolute Gasteiger partial charge is 0.496 e. The molecule has 0 amide bonds. The van der Waals surface area contributed by atoms with Gasteiger partial charge in [-0.1, -0.05) is 25.4 Å². The predicted molar refractivity (Wildman–Crippen MR) is 64.5 cm³/mol. The third kappa shape index (κ3) is 2.64. The lowest BCUT2D eigenvalue weighted by Crippen LogP contribution is -2.18. The maximum Gasteiger partial charge on any atom is 0.126 e. The molecule has 1 rings (SSSR count). The highest BCUT2D eigenvalue weighted by molar-refractivity contribution is 6.30. The van der Waals surface area contributed by atoms with Gasteiger partial charge in [-0.05, 0) is 30.5 Å². The van der Waals surface area contributed by atoms with Crippen molar-refractivity contribution in [3.05, 3.63) is 28.3 Å². The first-order valence-electron chi connectivity index (χ1n) is 5.07. The van der Waals surface area contributed by atoms with Crippen molar-refractivity contribution in [2.45, 2.75) is 26.8 Å². The molecule has 0 aromatic heterocycles. The van der Waals surface area contributed by atoms with Crippen LogP contribution in [0.2, 0.25) is 5.02 Å². The van der Waals surface area contributed by atoms with Crippen molar-refractivity contribution < 1.29 is 4.74 Å². The second kappa shape index (κ2) is 4.86. The minimum atomic E-state index is -0.0441. The number of methoxy groups -OCH3 is 1. The van der Waals surface area contributed by atoms with Crippen molar-refractivity contribution in [2.75, 3.05) is 7.11 Å². The van der Waals surface area contributed by atoms with Crippen LogP contribution in [0.15, 0.2) is 12.1 Å². The Balaban J connectivity index is 3.26. The van der Waals surface area contributed by atoms with Gasteiger partial charge in [-0.25, -0.2) is 0 Å². The van der Waals surface area contributed by atoms with Crippen molar-refractivity contribution >= 4 is 11.6 Å². The lowest BCUT2D eigenvalue weighted by Gasteiger charge is -2.20. The first-order valence-corrected chi connectivity index (χ1v) is 5.44. The molecular formula is C12H18ClNO. The SMILES string of the molecule is COc1c(C)cc(Cl)cc1C(N)C(C)C. The number of ether oxygens (including phenoxy) is 1. The quantitative estimate of drug-likeness (QED) is 0.860. The standard InChI is InChI=1S/C12H18ClNO/c1-7(2)11(14)10-6-9(13)5-8(3)12(10)15-4/h5-7,11H,14H2,1-4H3. The van der Waals surface area contributed by atoms with Crippen LogP contribution in [0.5, 0.6) is 5.75 Å². The molecule has 1 unspecified atom stereocenters. The maximum absolute atomic E-state index is 6.11. The Morgan fingerprint density at radius 2 is 1.93 bits per heavy atom. The van der Waals surface area contributed by atoms with Gasteiger partial charge in [-0.3, -0.25) is 0 Å². The Morgan fingerprint density at radius 3 is 2.40 bits per heavy atom. The van der Waals surface area contributed by atoms with Crippen LogP contribution < -0.4 is 10.5 Å². The number of aryl methyl sites for hydroxylation is 1. The van der Waals surface area contributed by atoms with Gasteiger partial charge in [-0.2, -0.15) is 0 Å². The Morgan fingerprint density at radius 1 is 1.33 bits per heavy atom. The highest BCUT2D eigenvalue weighted by Gasteiger charge is 2.17. The monoisotopic (exact) mass is 227 g/mol. The lowest BCUT2D eigenvalue weighted by atomic mass is 9.94. The zero-order valence-electron chi connectivity index (χ0n) is 9.67. The highest BCUT2D eigenvalue weighted by Crippen LogP contribution is 2.33. The predicted octanol–water partition coefficient (Wildman–Crippen LogP) is 3.31. The highest BCUT2D eigenvalue weighted by atomic mass is 35.5. The number of hydrogen-bond acceptors (Lipinski definition) is 2. The molecule has 1 atom stereocenters. The van der Waals surface area contributed by atoms with Crippen LogP contribution >= 0.6 is 11.6 Å². The van der Waals surface area contributed by atoms with Gasteiger partial charge in [-0.15, -0.1) is 0 Å². The zero-order chi connectivity index (χ0) is 11.6. The Labute approximate surface area is 96.4 Å². The van der Waals surface area contributed by atoms with Crippen LogP contribution in [-0.4, -0.2) is 7.11 Å². The van der Waals surface area contributed by atoms with E-state index in [1.807, 2.05) is 19.1 Å². The molecule has 2 N–H and O–H groups in total. The van der Waals surface area contributed by atoms with Crippen molar-refractivity contribution in [3.63, 3.8) is 0 Å². The van der Waals surface area contributed by atoms with Crippen molar-refractivity contribution in [1.29, 1.82) is 0 Å². The van der Waals surface area contributed by atoms with E-state index in [9.17, 15) is 0 Å². The molecule has 0 aliphatic rings. The molecule has 1 aromatic carbocycles. The number of halogens is 1. The average Bonchev–Trinajstić information content (AvgIpc) is 2.15. The van der Waals surface area contributed by atoms with Crippen LogP contribution in [-0.2, 0) is 0 Å². The topological polar surface area (TPSA) is 35.2 Å². The van der Waals surface area contributed by atoms with E-state index in [0.29, 0.717) is 10.9 Å². The smallest absolute Gasteiger partial charge is 0.126 e. The van der Waals surface area contributed by atoms with Crippen LogP contribution in [0.4, 0.5) is 0 Å². The van der Waals surface area contributed by atoms with Gasteiger partial charge in [0.1, 0.15) is 5.75 Å². The summed E-state index contributed by atoms with van der Waals surface area (Å²) in [5.74, 6) is 1.21. The zero-order valence-corrected chi connectivity index (χ0v) is 10.4. The van der Waals surface area contributed by atoms with Crippen molar-refractivity contribution in [2.24, 2.45) is 11.7 Å². The summed E-state index contributed by atoms with van der Waals surface area (Å²) in [4.78, 5) is 0. The Hall–Kier alpha value is -0.730. The average molecular weight is 228 g/mol. The minimum Gasteiger partial charge on any atom is -0.496 e. The van der Waals surface area contributed by atoms with E-state index in [0.717, 1.165) is 16.9 Å². The molecule has 1 aromatic rings. The third-order valence-corrected chi connectivity index (χ3v) is 2.77. The molecular weight excluding hydrogens is 210 g/mol. The van der Waals surface area contributed by atoms with E-state index in [-0.39, 0.29) is 6.04 Å². The number of benzene rings is 1. The normalized spacial score (nSPS) is 13.0. The molecule has 2 nitrogen and oxygen atoms in total. The van der Waals surface area contributed by atoms with Crippen LogP contribution in [0.1, 0.15) is 31.0 Å². The third-order valence-electron chi connectivity index (χ3n) is 2.55. The molecule has 0 spiro atoms. The summed E-state index contributed by atoms with van der Waals surface area (Å²) in [5, 5.41) is 0.708. The molecule has 0 heterocycles. The number of hydrogen-bond donors (Lipinski definition) is 1. The first kappa shape index (κ1) is 12.3. The molecule has 15 heavy (non-hydrogen) atoms. The molecule has 0 saturated heterocycles. The summed E-state index contributed by atoms with van der Waals surface area (Å²) < 4.78 is 5.36.